The van der Waals surface area contributed by atoms with Gasteiger partial charge in [-0.25, -0.2) is 0 Å². The fourth-order valence-corrected chi connectivity index (χ4v) is 3.92. The van der Waals surface area contributed by atoms with Gasteiger partial charge in [-0.3, -0.25) is 9.78 Å². The van der Waals surface area contributed by atoms with Crippen molar-refractivity contribution in [2.24, 2.45) is 11.3 Å². The lowest BCUT2D eigenvalue weighted by molar-refractivity contribution is -0.178. The van der Waals surface area contributed by atoms with E-state index in [9.17, 15) is 23.2 Å². The summed E-state index contributed by atoms with van der Waals surface area (Å²) < 4.78 is 41.0. The number of benzene rings is 1. The molecule has 0 radical (unpaired) electrons. The van der Waals surface area contributed by atoms with Crippen molar-refractivity contribution in [2.45, 2.75) is 45.8 Å². The Labute approximate surface area is 173 Å². The van der Waals surface area contributed by atoms with Crippen molar-refractivity contribution < 1.29 is 18.0 Å². The van der Waals surface area contributed by atoms with Crippen molar-refractivity contribution in [1.82, 2.24) is 10.3 Å². The largest absolute Gasteiger partial charge is 0.393 e. The zero-order valence-corrected chi connectivity index (χ0v) is 17.3. The van der Waals surface area contributed by atoms with Gasteiger partial charge < -0.3 is 10.2 Å². The lowest BCUT2D eigenvalue weighted by Crippen LogP contribution is -2.54. The molecular formula is C22H25F3N4O. The van der Waals surface area contributed by atoms with Crippen LogP contribution in [0.2, 0.25) is 0 Å². The molecule has 0 saturated carbocycles. The van der Waals surface area contributed by atoms with Crippen molar-refractivity contribution in [3.63, 3.8) is 0 Å². The molecule has 1 N–H and O–H groups in total. The smallest absolute Gasteiger partial charge is 0.368 e. The van der Waals surface area contributed by atoms with Crippen LogP contribution in [0.15, 0.2) is 30.5 Å². The predicted octanol–water partition coefficient (Wildman–Crippen LogP) is 4.42. The molecule has 30 heavy (non-hydrogen) atoms. The van der Waals surface area contributed by atoms with Crippen molar-refractivity contribution in [3.05, 3.63) is 36.0 Å². The number of pyridine rings is 1. The minimum absolute atomic E-state index is 0.150. The molecular weight excluding hydrogens is 393 g/mol. The highest BCUT2D eigenvalue weighted by Crippen LogP contribution is 2.37. The summed E-state index contributed by atoms with van der Waals surface area (Å²) in [6, 6.07) is 8.14. The second kappa shape index (κ2) is 8.13. The Balaban J connectivity index is 1.93. The number of amides is 1. The number of nitrogens with zero attached hydrogens (tertiary/aromatic N) is 3. The number of hydrogen-bond donors (Lipinski definition) is 1. The summed E-state index contributed by atoms with van der Waals surface area (Å²) in [5.41, 5.74) is 1.16. The van der Waals surface area contributed by atoms with Gasteiger partial charge in [-0.15, -0.1) is 0 Å². The lowest BCUT2D eigenvalue weighted by Gasteiger charge is -2.40. The number of fused-ring (bicyclic) bond motifs is 1. The molecule has 2 atom stereocenters. The van der Waals surface area contributed by atoms with Crippen LogP contribution in [0.4, 0.5) is 18.9 Å². The Morgan fingerprint density at radius 2 is 2.00 bits per heavy atom. The molecule has 3 rings (SSSR count). The summed E-state index contributed by atoms with van der Waals surface area (Å²) in [6.45, 7) is 5.79. The maximum Gasteiger partial charge on any atom is 0.393 e. The first-order valence-electron chi connectivity index (χ1n) is 9.87. The van der Waals surface area contributed by atoms with Gasteiger partial charge in [0.15, 0.2) is 0 Å². The Hall–Kier alpha value is -2.82. The molecule has 5 nitrogen and oxygen atoms in total. The second-order valence-electron chi connectivity index (χ2n) is 9.02. The van der Waals surface area contributed by atoms with Gasteiger partial charge >= 0.3 is 6.18 Å². The minimum Gasteiger partial charge on any atom is -0.368 e. The first-order chi connectivity index (χ1) is 14.0. The van der Waals surface area contributed by atoms with Crippen LogP contribution in [-0.2, 0) is 4.79 Å². The number of carbonyl (C=O) groups is 1. The van der Waals surface area contributed by atoms with Crippen LogP contribution in [0.1, 0.15) is 39.2 Å². The molecule has 1 amide bonds. The van der Waals surface area contributed by atoms with Crippen LogP contribution in [0.5, 0.6) is 0 Å². The molecule has 2 heterocycles. The normalized spacial score (nSPS) is 20.1. The molecule has 0 bridgehead atoms. The molecule has 1 aliphatic heterocycles. The summed E-state index contributed by atoms with van der Waals surface area (Å²) in [6.07, 6.45) is -2.73. The van der Waals surface area contributed by atoms with Gasteiger partial charge in [-0.05, 0) is 36.1 Å². The van der Waals surface area contributed by atoms with Crippen LogP contribution < -0.4 is 10.2 Å². The molecule has 0 spiro atoms. The van der Waals surface area contributed by atoms with Crippen LogP contribution >= 0.6 is 0 Å². The van der Waals surface area contributed by atoms with E-state index in [-0.39, 0.29) is 37.3 Å². The first-order valence-corrected chi connectivity index (χ1v) is 9.87. The highest BCUT2D eigenvalue weighted by atomic mass is 19.4. The van der Waals surface area contributed by atoms with E-state index in [2.05, 4.69) is 16.4 Å². The molecule has 0 aliphatic carbocycles. The molecule has 1 saturated heterocycles. The fourth-order valence-electron chi connectivity index (χ4n) is 3.92. The third kappa shape index (κ3) is 5.02. The quantitative estimate of drug-likeness (QED) is 0.801. The minimum atomic E-state index is -4.37. The van der Waals surface area contributed by atoms with E-state index in [1.54, 1.807) is 35.4 Å². The van der Waals surface area contributed by atoms with Gasteiger partial charge in [0.25, 0.3) is 0 Å². The third-order valence-corrected chi connectivity index (χ3v) is 5.18. The molecule has 1 fully saturated rings. The number of halogens is 3. The average Bonchev–Trinajstić information content (AvgIpc) is 2.64. The van der Waals surface area contributed by atoms with Crippen molar-refractivity contribution in [1.29, 1.82) is 5.26 Å². The third-order valence-electron chi connectivity index (χ3n) is 5.18. The molecule has 0 unspecified atom stereocenters. The summed E-state index contributed by atoms with van der Waals surface area (Å²) >= 11 is 0. The van der Waals surface area contributed by atoms with E-state index in [1.807, 2.05) is 20.8 Å². The van der Waals surface area contributed by atoms with Crippen LogP contribution in [0.3, 0.4) is 0 Å². The number of alkyl halides is 3. The number of nitriles is 1. The second-order valence-corrected chi connectivity index (χ2v) is 9.02. The van der Waals surface area contributed by atoms with Gasteiger partial charge in [0.2, 0.25) is 5.91 Å². The van der Waals surface area contributed by atoms with Crippen LogP contribution in [0, 0.1) is 22.7 Å². The molecule has 160 valence electrons. The SMILES string of the molecule is CC(C)(C)CC(=O)N[C@H]1C[C@@H](C(F)(F)F)CN(c2ccc(C#N)c3ncccc23)C1. The number of carbonyl (C=O) groups excluding carboxylic acids is 1. The van der Waals surface area contributed by atoms with E-state index in [0.29, 0.717) is 22.2 Å². The van der Waals surface area contributed by atoms with Crippen molar-refractivity contribution in [3.8, 4) is 6.07 Å². The summed E-state index contributed by atoms with van der Waals surface area (Å²) in [7, 11) is 0. The Bertz CT molecular complexity index is 975. The molecule has 1 aromatic heterocycles. The molecule has 2 aromatic rings. The zero-order chi connectivity index (χ0) is 22.1. The Morgan fingerprint density at radius 1 is 1.27 bits per heavy atom. The van der Waals surface area contributed by atoms with E-state index >= 15 is 0 Å². The predicted molar refractivity (Wildman–Crippen MR) is 109 cm³/mol. The summed E-state index contributed by atoms with van der Waals surface area (Å²) in [5, 5.41) is 12.7. The Kier molecular flexibility index (Phi) is 5.93. The lowest BCUT2D eigenvalue weighted by atomic mass is 9.90. The number of nitrogens with one attached hydrogen (secondary N) is 1. The van der Waals surface area contributed by atoms with Crippen LogP contribution in [-0.4, -0.2) is 36.2 Å². The highest BCUT2D eigenvalue weighted by molar-refractivity contribution is 5.95. The van der Waals surface area contributed by atoms with Gasteiger partial charge in [-0.1, -0.05) is 20.8 Å². The Morgan fingerprint density at radius 3 is 2.63 bits per heavy atom. The fraction of sp³-hybridized carbons (Fsp3) is 0.500. The van der Waals surface area contributed by atoms with E-state index in [1.165, 1.54) is 0 Å². The van der Waals surface area contributed by atoms with Gasteiger partial charge in [0.1, 0.15) is 6.07 Å². The molecule has 1 aliphatic rings. The molecule has 8 heteroatoms. The monoisotopic (exact) mass is 418 g/mol. The van der Waals surface area contributed by atoms with Gasteiger partial charge in [0, 0.05) is 42.8 Å². The van der Waals surface area contributed by atoms with E-state index in [0.717, 1.165) is 0 Å². The zero-order valence-electron chi connectivity index (χ0n) is 17.3. The number of anilines is 1. The number of piperidine rings is 1. The van der Waals surface area contributed by atoms with Crippen molar-refractivity contribution in [2.75, 3.05) is 18.0 Å². The highest BCUT2D eigenvalue weighted by Gasteiger charge is 2.45. The summed E-state index contributed by atoms with van der Waals surface area (Å²) in [4.78, 5) is 18.3. The average molecular weight is 418 g/mol. The maximum atomic E-state index is 13.7. The number of aromatic nitrogens is 1. The first kappa shape index (κ1) is 21.9. The topological polar surface area (TPSA) is 69.0 Å². The van der Waals surface area contributed by atoms with Gasteiger partial charge in [-0.2, -0.15) is 18.4 Å². The van der Waals surface area contributed by atoms with Crippen molar-refractivity contribution >= 4 is 22.5 Å². The number of hydrogen-bond acceptors (Lipinski definition) is 4. The maximum absolute atomic E-state index is 13.7. The molecule has 1 aromatic carbocycles. The standard InChI is InChI=1S/C22H25F3N4O/c1-21(2,3)10-19(30)28-16-9-15(22(23,24)25)12-29(13-16)18-7-6-14(11-26)20-17(18)5-4-8-27-20/h4-8,15-16H,9-10,12-13H2,1-3H3,(H,28,30)/t15-,16+/m1/s1. The van der Waals surface area contributed by atoms with E-state index in [4.69, 9.17) is 0 Å². The van der Waals surface area contributed by atoms with E-state index < -0.39 is 18.1 Å². The van der Waals surface area contributed by atoms with Crippen LogP contribution in [0.25, 0.3) is 10.9 Å². The van der Waals surface area contributed by atoms with Gasteiger partial charge in [0.05, 0.1) is 17.0 Å². The summed E-state index contributed by atoms with van der Waals surface area (Å²) in [5.74, 6) is -1.81. The number of rotatable bonds is 3.